The summed E-state index contributed by atoms with van der Waals surface area (Å²) in [5, 5.41) is 0. The van der Waals surface area contributed by atoms with E-state index in [4.69, 9.17) is 9.97 Å². The highest BCUT2D eigenvalue weighted by molar-refractivity contribution is 5.91. The first-order chi connectivity index (χ1) is 15.7. The van der Waals surface area contributed by atoms with Crippen molar-refractivity contribution in [1.82, 2.24) is 14.9 Å². The quantitative estimate of drug-likeness (QED) is 0.597. The van der Waals surface area contributed by atoms with Crippen molar-refractivity contribution in [3.8, 4) is 0 Å². The van der Waals surface area contributed by atoms with Crippen molar-refractivity contribution in [3.63, 3.8) is 0 Å². The van der Waals surface area contributed by atoms with E-state index in [2.05, 4.69) is 25.7 Å². The van der Waals surface area contributed by atoms with Gasteiger partial charge < -0.3 is 14.7 Å². The van der Waals surface area contributed by atoms with E-state index in [-0.39, 0.29) is 12.4 Å². The maximum absolute atomic E-state index is 11.6. The number of aromatic nitrogens is 2. The number of carbonyl (C=O) groups is 1. The molecule has 182 valence electrons. The number of nitrogens with zero attached hydrogens (tertiary/aromatic N) is 6. The minimum Gasteiger partial charge on any atom is -0.356 e. The van der Waals surface area contributed by atoms with Crippen LogP contribution in [0, 0.1) is 0 Å². The van der Waals surface area contributed by atoms with Gasteiger partial charge in [-0.1, -0.05) is 5.57 Å². The van der Waals surface area contributed by atoms with Crippen LogP contribution < -0.4 is 14.7 Å². The van der Waals surface area contributed by atoms with Crippen LogP contribution in [0.3, 0.4) is 0 Å². The normalized spacial score (nSPS) is 22.0. The summed E-state index contributed by atoms with van der Waals surface area (Å²) in [4.78, 5) is 31.4. The van der Waals surface area contributed by atoms with Gasteiger partial charge in [0.05, 0.1) is 0 Å². The smallest absolute Gasteiger partial charge is 0.229 e. The van der Waals surface area contributed by atoms with Crippen molar-refractivity contribution in [2.24, 2.45) is 0 Å². The molecule has 7 nitrogen and oxygen atoms in total. The Balaban J connectivity index is 0.00000259. The zero-order valence-electron chi connectivity index (χ0n) is 19.9. The fraction of sp³-hybridized carbons (Fsp3) is 0.720. The maximum atomic E-state index is 11.6. The molecule has 1 aromatic heterocycles. The van der Waals surface area contributed by atoms with E-state index in [0.29, 0.717) is 5.78 Å². The average Bonchev–Trinajstić information content (AvgIpc) is 3.54. The van der Waals surface area contributed by atoms with Crippen molar-refractivity contribution < 1.29 is 4.79 Å². The topological polar surface area (TPSA) is 55.8 Å². The van der Waals surface area contributed by atoms with E-state index >= 15 is 0 Å². The van der Waals surface area contributed by atoms with Gasteiger partial charge in [0.15, 0.2) is 5.78 Å². The molecule has 0 N–H and O–H groups in total. The zero-order chi connectivity index (χ0) is 21.8. The van der Waals surface area contributed by atoms with Crippen molar-refractivity contribution in [2.75, 3.05) is 73.6 Å². The molecule has 5 rings (SSSR count). The predicted octanol–water partition coefficient (Wildman–Crippen LogP) is 3.68. The molecule has 4 heterocycles. The molecular formula is C25H39ClN6O. The average molecular weight is 475 g/mol. The van der Waals surface area contributed by atoms with Crippen LogP contribution in [0.15, 0.2) is 17.7 Å². The Hall–Kier alpha value is -1.86. The molecule has 0 bridgehead atoms. The van der Waals surface area contributed by atoms with Gasteiger partial charge in [-0.3, -0.25) is 9.69 Å². The lowest BCUT2D eigenvalue weighted by atomic mass is 9.95. The van der Waals surface area contributed by atoms with Crippen LogP contribution in [0.5, 0.6) is 0 Å². The van der Waals surface area contributed by atoms with E-state index < -0.39 is 0 Å². The van der Waals surface area contributed by atoms with E-state index in [1.54, 1.807) is 0 Å². The van der Waals surface area contributed by atoms with Crippen LogP contribution >= 0.6 is 12.4 Å². The fourth-order valence-corrected chi connectivity index (χ4v) is 5.53. The number of carbonyl (C=O) groups excluding carboxylic acids is 1. The zero-order valence-corrected chi connectivity index (χ0v) is 20.7. The summed E-state index contributed by atoms with van der Waals surface area (Å²) >= 11 is 0. The Bertz CT molecular complexity index is 792. The molecule has 1 aromatic rings. The molecule has 1 aliphatic carbocycles. The summed E-state index contributed by atoms with van der Waals surface area (Å²) < 4.78 is 0. The number of hydrogen-bond acceptors (Lipinski definition) is 7. The summed E-state index contributed by atoms with van der Waals surface area (Å²) in [6.07, 6.45) is 12.1. The molecule has 0 unspecified atom stereocenters. The summed E-state index contributed by atoms with van der Waals surface area (Å²) in [6, 6.07) is 2.23. The lowest BCUT2D eigenvalue weighted by Gasteiger charge is -2.36. The third kappa shape index (κ3) is 6.18. The van der Waals surface area contributed by atoms with Gasteiger partial charge in [-0.2, -0.15) is 9.97 Å². The minimum atomic E-state index is 0. The van der Waals surface area contributed by atoms with Crippen molar-refractivity contribution in [3.05, 3.63) is 17.7 Å². The second-order valence-electron chi connectivity index (χ2n) is 9.83. The second kappa shape index (κ2) is 11.5. The monoisotopic (exact) mass is 474 g/mol. The Morgan fingerprint density at radius 2 is 1.33 bits per heavy atom. The third-order valence-corrected chi connectivity index (χ3v) is 7.46. The highest BCUT2D eigenvalue weighted by Crippen LogP contribution is 2.28. The highest BCUT2D eigenvalue weighted by Gasteiger charge is 2.24. The van der Waals surface area contributed by atoms with Crippen LogP contribution in [-0.4, -0.2) is 79.6 Å². The molecule has 4 aliphatic rings. The lowest BCUT2D eigenvalue weighted by molar-refractivity contribution is -0.115. The maximum Gasteiger partial charge on any atom is 0.229 e. The summed E-state index contributed by atoms with van der Waals surface area (Å²) in [6.45, 7) is 9.74. The molecule has 33 heavy (non-hydrogen) atoms. The second-order valence-corrected chi connectivity index (χ2v) is 9.83. The van der Waals surface area contributed by atoms with E-state index in [0.717, 1.165) is 109 Å². The first kappa shape index (κ1) is 24.3. The van der Waals surface area contributed by atoms with Crippen molar-refractivity contribution >= 4 is 35.8 Å². The first-order valence-corrected chi connectivity index (χ1v) is 12.8. The number of piperazine rings is 1. The molecule has 0 spiro atoms. The SMILES string of the molecule is Cl.O=C1C=C(CCCN2CCN(c3cc(N4CCCC4)nc(N4CCCC4)n3)CC2)CCC1. The van der Waals surface area contributed by atoms with Crippen LogP contribution in [0.1, 0.15) is 57.8 Å². The number of rotatable bonds is 7. The minimum absolute atomic E-state index is 0. The first-order valence-electron chi connectivity index (χ1n) is 12.8. The Kier molecular flexibility index (Phi) is 8.47. The van der Waals surface area contributed by atoms with Gasteiger partial charge in [0.1, 0.15) is 11.6 Å². The third-order valence-electron chi connectivity index (χ3n) is 7.46. The largest absolute Gasteiger partial charge is 0.356 e. The van der Waals surface area contributed by atoms with Gasteiger partial charge in [0, 0.05) is 64.8 Å². The standard InChI is InChI=1S/C25H38N6O.ClH/c32-22-9-5-7-21(19-22)8-6-10-28-15-17-30(18-16-28)24-20-23(29-11-1-2-12-29)26-25(27-24)31-13-3-4-14-31;/h19-20H,1-18H2;1H. The van der Waals surface area contributed by atoms with E-state index in [9.17, 15) is 4.79 Å². The van der Waals surface area contributed by atoms with Crippen molar-refractivity contribution in [2.45, 2.75) is 57.8 Å². The molecule has 8 heteroatoms. The molecule has 0 saturated carbocycles. The van der Waals surface area contributed by atoms with E-state index in [1.807, 2.05) is 6.08 Å². The van der Waals surface area contributed by atoms with Crippen LogP contribution in [-0.2, 0) is 4.79 Å². The number of ketones is 1. The van der Waals surface area contributed by atoms with Gasteiger partial charge in [-0.15, -0.1) is 12.4 Å². The predicted molar refractivity (Wildman–Crippen MR) is 137 cm³/mol. The Morgan fingerprint density at radius 3 is 1.97 bits per heavy atom. The van der Waals surface area contributed by atoms with Gasteiger partial charge in [0.2, 0.25) is 5.95 Å². The van der Waals surface area contributed by atoms with Gasteiger partial charge in [-0.25, -0.2) is 0 Å². The van der Waals surface area contributed by atoms with E-state index in [1.165, 1.54) is 31.3 Å². The molecule has 0 radical (unpaired) electrons. The summed E-state index contributed by atoms with van der Waals surface area (Å²) in [7, 11) is 0. The Labute approximate surface area is 204 Å². The molecule has 0 amide bonds. The van der Waals surface area contributed by atoms with Crippen LogP contribution in [0.2, 0.25) is 0 Å². The van der Waals surface area contributed by atoms with Gasteiger partial charge >= 0.3 is 0 Å². The number of halogens is 1. The highest BCUT2D eigenvalue weighted by atomic mass is 35.5. The molecule has 0 atom stereocenters. The Morgan fingerprint density at radius 1 is 0.727 bits per heavy atom. The number of anilines is 3. The van der Waals surface area contributed by atoms with Gasteiger partial charge in [-0.05, 0) is 64.0 Å². The molecule has 3 saturated heterocycles. The van der Waals surface area contributed by atoms with Crippen LogP contribution in [0.25, 0.3) is 0 Å². The van der Waals surface area contributed by atoms with Gasteiger partial charge in [0.25, 0.3) is 0 Å². The number of allylic oxidation sites excluding steroid dienone is 2. The number of hydrogen-bond donors (Lipinski definition) is 0. The van der Waals surface area contributed by atoms with Crippen LogP contribution in [0.4, 0.5) is 17.6 Å². The summed E-state index contributed by atoms with van der Waals surface area (Å²) in [5.41, 5.74) is 1.37. The molecule has 3 fully saturated rings. The molecular weight excluding hydrogens is 436 g/mol. The molecule has 0 aromatic carbocycles. The van der Waals surface area contributed by atoms with Crippen molar-refractivity contribution in [1.29, 1.82) is 0 Å². The fourth-order valence-electron chi connectivity index (χ4n) is 5.53. The molecule has 3 aliphatic heterocycles. The summed E-state index contributed by atoms with van der Waals surface area (Å²) in [5.74, 6) is 3.48. The lowest BCUT2D eigenvalue weighted by Crippen LogP contribution is -2.47.